The standard InChI is InChI=1S/C8H9BrClNO/c1-5-6(4-11-12)2-7(9)3-8(5)10/h2-3,11-12H,4H2,1H3. The third-order valence-electron chi connectivity index (χ3n) is 1.69. The van der Waals surface area contributed by atoms with Crippen molar-refractivity contribution in [3.05, 3.63) is 32.8 Å². The highest BCUT2D eigenvalue weighted by molar-refractivity contribution is 9.10. The maximum atomic E-state index is 8.52. The molecular formula is C8H9BrClNO. The van der Waals surface area contributed by atoms with Gasteiger partial charge in [0.1, 0.15) is 0 Å². The molecule has 0 fully saturated rings. The predicted octanol–water partition coefficient (Wildman–Crippen LogP) is 2.89. The van der Waals surface area contributed by atoms with Gasteiger partial charge >= 0.3 is 0 Å². The summed E-state index contributed by atoms with van der Waals surface area (Å²) in [6.07, 6.45) is 0. The van der Waals surface area contributed by atoms with Crippen LogP contribution in [0.2, 0.25) is 5.02 Å². The van der Waals surface area contributed by atoms with E-state index in [4.69, 9.17) is 16.8 Å². The van der Waals surface area contributed by atoms with Crippen molar-refractivity contribution in [2.75, 3.05) is 0 Å². The third-order valence-corrected chi connectivity index (χ3v) is 2.54. The van der Waals surface area contributed by atoms with E-state index in [9.17, 15) is 0 Å². The van der Waals surface area contributed by atoms with Gasteiger partial charge in [0, 0.05) is 16.0 Å². The minimum absolute atomic E-state index is 0.408. The first-order valence-corrected chi connectivity index (χ1v) is 4.63. The monoisotopic (exact) mass is 249 g/mol. The first kappa shape index (κ1) is 9.99. The van der Waals surface area contributed by atoms with Crippen molar-refractivity contribution in [2.45, 2.75) is 13.5 Å². The highest BCUT2D eigenvalue weighted by Crippen LogP contribution is 2.24. The molecule has 2 nitrogen and oxygen atoms in total. The van der Waals surface area contributed by atoms with Gasteiger partial charge in [0.25, 0.3) is 0 Å². The Kier molecular flexibility index (Phi) is 3.53. The number of hydroxylamine groups is 1. The summed E-state index contributed by atoms with van der Waals surface area (Å²) >= 11 is 9.24. The van der Waals surface area contributed by atoms with E-state index in [1.807, 2.05) is 19.1 Å². The lowest BCUT2D eigenvalue weighted by molar-refractivity contribution is 0.161. The quantitative estimate of drug-likeness (QED) is 0.791. The molecule has 1 rings (SSSR count). The fourth-order valence-electron chi connectivity index (χ4n) is 0.968. The Morgan fingerprint density at radius 2 is 2.25 bits per heavy atom. The van der Waals surface area contributed by atoms with Gasteiger partial charge in [-0.3, -0.25) is 0 Å². The predicted molar refractivity (Wildman–Crippen MR) is 52.5 cm³/mol. The zero-order chi connectivity index (χ0) is 9.14. The van der Waals surface area contributed by atoms with Crippen LogP contribution in [0.5, 0.6) is 0 Å². The van der Waals surface area contributed by atoms with Crippen LogP contribution in [-0.4, -0.2) is 5.21 Å². The van der Waals surface area contributed by atoms with Crippen molar-refractivity contribution in [2.24, 2.45) is 0 Å². The third kappa shape index (κ3) is 2.20. The average molecular weight is 251 g/mol. The van der Waals surface area contributed by atoms with E-state index < -0.39 is 0 Å². The average Bonchev–Trinajstić information content (AvgIpc) is 2.00. The van der Waals surface area contributed by atoms with Gasteiger partial charge in [0.15, 0.2) is 0 Å². The molecule has 0 spiro atoms. The van der Waals surface area contributed by atoms with E-state index in [0.717, 1.165) is 15.6 Å². The van der Waals surface area contributed by atoms with Crippen LogP contribution in [0.4, 0.5) is 0 Å². The number of benzene rings is 1. The van der Waals surface area contributed by atoms with E-state index in [1.54, 1.807) is 0 Å². The van der Waals surface area contributed by atoms with Crippen LogP contribution >= 0.6 is 27.5 Å². The van der Waals surface area contributed by atoms with Gasteiger partial charge in [-0.15, -0.1) is 0 Å². The van der Waals surface area contributed by atoms with Gasteiger partial charge in [-0.25, -0.2) is 5.48 Å². The molecule has 1 aromatic rings. The van der Waals surface area contributed by atoms with Crippen molar-refractivity contribution >= 4 is 27.5 Å². The number of hydrogen-bond donors (Lipinski definition) is 2. The summed E-state index contributed by atoms with van der Waals surface area (Å²) < 4.78 is 0.920. The first-order valence-electron chi connectivity index (χ1n) is 3.46. The summed E-state index contributed by atoms with van der Waals surface area (Å²) in [5.41, 5.74) is 4.07. The van der Waals surface area contributed by atoms with Crippen molar-refractivity contribution in [3.63, 3.8) is 0 Å². The molecule has 0 aromatic heterocycles. The molecular weight excluding hydrogens is 241 g/mol. The minimum atomic E-state index is 0.408. The smallest absolute Gasteiger partial charge is 0.0461 e. The van der Waals surface area contributed by atoms with Crippen LogP contribution in [-0.2, 0) is 6.54 Å². The molecule has 0 unspecified atom stereocenters. The lowest BCUT2D eigenvalue weighted by atomic mass is 10.1. The van der Waals surface area contributed by atoms with Gasteiger partial charge in [-0.1, -0.05) is 27.5 Å². The van der Waals surface area contributed by atoms with Crippen LogP contribution in [0.1, 0.15) is 11.1 Å². The van der Waals surface area contributed by atoms with Crippen molar-refractivity contribution in [1.29, 1.82) is 0 Å². The number of nitrogens with one attached hydrogen (secondary N) is 1. The van der Waals surface area contributed by atoms with E-state index >= 15 is 0 Å². The number of hydrogen-bond acceptors (Lipinski definition) is 2. The summed E-state index contributed by atoms with van der Waals surface area (Å²) in [5, 5.41) is 9.22. The van der Waals surface area contributed by atoms with Crippen LogP contribution < -0.4 is 5.48 Å². The molecule has 0 heterocycles. The summed E-state index contributed by atoms with van der Waals surface area (Å²) in [4.78, 5) is 0. The molecule has 0 aliphatic heterocycles. The van der Waals surface area contributed by atoms with Gasteiger partial charge < -0.3 is 5.21 Å². The van der Waals surface area contributed by atoms with Crippen molar-refractivity contribution in [3.8, 4) is 0 Å². The maximum Gasteiger partial charge on any atom is 0.0461 e. The highest BCUT2D eigenvalue weighted by atomic mass is 79.9. The van der Waals surface area contributed by atoms with Crippen LogP contribution in [0, 0.1) is 6.92 Å². The second-order valence-electron chi connectivity index (χ2n) is 2.51. The fourth-order valence-corrected chi connectivity index (χ4v) is 1.84. The van der Waals surface area contributed by atoms with Crippen molar-refractivity contribution in [1.82, 2.24) is 5.48 Å². The Labute approximate surface area is 84.6 Å². The number of rotatable bonds is 2. The largest absolute Gasteiger partial charge is 0.316 e. The van der Waals surface area contributed by atoms with E-state index in [1.165, 1.54) is 0 Å². The first-order chi connectivity index (χ1) is 5.65. The molecule has 4 heteroatoms. The SMILES string of the molecule is Cc1c(Cl)cc(Br)cc1CNO. The molecule has 0 amide bonds. The fraction of sp³-hybridized carbons (Fsp3) is 0.250. The van der Waals surface area contributed by atoms with Gasteiger partial charge in [0.2, 0.25) is 0 Å². The topological polar surface area (TPSA) is 32.3 Å². The van der Waals surface area contributed by atoms with Gasteiger partial charge in [0.05, 0.1) is 0 Å². The van der Waals surface area contributed by atoms with Gasteiger partial charge in [-0.2, -0.15) is 0 Å². The second kappa shape index (κ2) is 4.23. The van der Waals surface area contributed by atoms with Crippen molar-refractivity contribution < 1.29 is 5.21 Å². The van der Waals surface area contributed by atoms with E-state index in [0.29, 0.717) is 11.6 Å². The summed E-state index contributed by atoms with van der Waals surface area (Å²) in [7, 11) is 0. The normalized spacial score (nSPS) is 10.3. The lowest BCUT2D eigenvalue weighted by Gasteiger charge is -2.06. The maximum absolute atomic E-state index is 8.52. The molecule has 0 aliphatic carbocycles. The summed E-state index contributed by atoms with van der Waals surface area (Å²) in [6, 6.07) is 3.75. The Bertz CT molecular complexity index is 291. The molecule has 0 radical (unpaired) electrons. The van der Waals surface area contributed by atoms with E-state index in [-0.39, 0.29) is 0 Å². The summed E-state index contributed by atoms with van der Waals surface area (Å²) in [5.74, 6) is 0. The molecule has 0 bridgehead atoms. The molecule has 0 atom stereocenters. The Morgan fingerprint density at radius 1 is 1.58 bits per heavy atom. The molecule has 0 saturated heterocycles. The molecule has 66 valence electrons. The zero-order valence-corrected chi connectivity index (χ0v) is 8.91. The molecule has 0 aliphatic rings. The van der Waals surface area contributed by atoms with Crippen LogP contribution in [0.15, 0.2) is 16.6 Å². The lowest BCUT2D eigenvalue weighted by Crippen LogP contribution is -2.07. The molecule has 2 N–H and O–H groups in total. The summed E-state index contributed by atoms with van der Waals surface area (Å²) in [6.45, 7) is 2.33. The number of halogens is 2. The highest BCUT2D eigenvalue weighted by Gasteiger charge is 2.03. The molecule has 0 saturated carbocycles. The Hall–Kier alpha value is -0.0900. The molecule has 1 aromatic carbocycles. The zero-order valence-electron chi connectivity index (χ0n) is 6.56. The van der Waals surface area contributed by atoms with E-state index in [2.05, 4.69) is 21.4 Å². The van der Waals surface area contributed by atoms with Gasteiger partial charge in [-0.05, 0) is 30.2 Å². The minimum Gasteiger partial charge on any atom is -0.316 e. The van der Waals surface area contributed by atoms with Crippen LogP contribution in [0.25, 0.3) is 0 Å². The molecule has 12 heavy (non-hydrogen) atoms. The Balaban J connectivity index is 3.09. The van der Waals surface area contributed by atoms with Crippen LogP contribution in [0.3, 0.4) is 0 Å². The second-order valence-corrected chi connectivity index (χ2v) is 3.83. The Morgan fingerprint density at radius 3 is 2.83 bits per heavy atom.